The maximum absolute atomic E-state index is 13.9. The highest BCUT2D eigenvalue weighted by Crippen LogP contribution is 2.40. The molecular formula is C30H28ClIN4O4. The van der Waals surface area contributed by atoms with Gasteiger partial charge in [0.25, 0.3) is 5.91 Å². The molecule has 1 aliphatic rings. The third-order valence-electron chi connectivity index (χ3n) is 7.01. The average Bonchev–Trinajstić information content (AvgIpc) is 3.47. The number of carbonyl (C=O) groups is 2. The summed E-state index contributed by atoms with van der Waals surface area (Å²) in [6.07, 6.45) is 0. The molecular weight excluding hydrogens is 643 g/mol. The first-order valence-corrected chi connectivity index (χ1v) is 14.3. The zero-order valence-corrected chi connectivity index (χ0v) is 24.8. The lowest BCUT2D eigenvalue weighted by molar-refractivity contribution is -0.129. The van der Waals surface area contributed by atoms with E-state index in [0.29, 0.717) is 27.9 Å². The molecule has 1 fully saturated rings. The molecule has 40 heavy (non-hydrogen) atoms. The number of hydrogen-bond donors (Lipinski definition) is 3. The minimum absolute atomic E-state index is 0.0986. The highest BCUT2D eigenvalue weighted by Gasteiger charge is 2.46. The molecule has 1 aliphatic heterocycles. The van der Waals surface area contributed by atoms with Gasteiger partial charge in [-0.2, -0.15) is 0 Å². The number of imidazole rings is 1. The van der Waals surface area contributed by atoms with Gasteiger partial charge in [-0.25, -0.2) is 9.78 Å². The van der Waals surface area contributed by atoms with Gasteiger partial charge in [-0.15, -0.1) is 0 Å². The van der Waals surface area contributed by atoms with Crippen LogP contribution in [0.3, 0.4) is 0 Å². The highest BCUT2D eigenvalue weighted by molar-refractivity contribution is 14.1. The maximum atomic E-state index is 13.9. The molecule has 2 heterocycles. The Morgan fingerprint density at radius 2 is 1.82 bits per heavy atom. The summed E-state index contributed by atoms with van der Waals surface area (Å²) in [5.74, 6) is 0.421. The van der Waals surface area contributed by atoms with Gasteiger partial charge in [0.15, 0.2) is 0 Å². The number of aliphatic hydroxyl groups excluding tert-OH is 1. The number of aromatic amines is 1. The second-order valence-corrected chi connectivity index (χ2v) is 11.2. The van der Waals surface area contributed by atoms with Crippen molar-refractivity contribution in [2.75, 3.05) is 13.2 Å². The Bertz CT molecular complexity index is 1530. The molecule has 8 nitrogen and oxygen atoms in total. The number of nitrogens with zero attached hydrogens (tertiary/aromatic N) is 2. The summed E-state index contributed by atoms with van der Waals surface area (Å²) in [4.78, 5) is 36.8. The summed E-state index contributed by atoms with van der Waals surface area (Å²) < 4.78 is 6.44. The number of H-pyrrole nitrogens is 1. The second-order valence-electron chi connectivity index (χ2n) is 9.58. The number of benzene rings is 3. The van der Waals surface area contributed by atoms with Crippen molar-refractivity contribution in [3.63, 3.8) is 0 Å². The summed E-state index contributed by atoms with van der Waals surface area (Å²) in [7, 11) is 0. The molecule has 0 bridgehead atoms. The molecule has 5 rings (SSSR count). The van der Waals surface area contributed by atoms with Crippen LogP contribution >= 0.6 is 34.2 Å². The fourth-order valence-electron chi connectivity index (χ4n) is 5.00. The van der Waals surface area contributed by atoms with E-state index in [-0.39, 0.29) is 25.0 Å². The van der Waals surface area contributed by atoms with E-state index in [9.17, 15) is 9.59 Å². The Morgan fingerprint density at radius 1 is 1.10 bits per heavy atom. The van der Waals surface area contributed by atoms with Crippen LogP contribution in [0.5, 0.6) is 5.75 Å². The molecule has 0 unspecified atom stereocenters. The number of urea groups is 1. The van der Waals surface area contributed by atoms with Crippen LogP contribution < -0.4 is 10.1 Å². The predicted octanol–water partition coefficient (Wildman–Crippen LogP) is 6.15. The first kappa shape index (κ1) is 28.1. The average molecular weight is 671 g/mol. The standard InChI is InChI=1S/C30H28ClIN4O4/c1-17(19-6-4-3-5-7-19)27(28-33-18(2)25(34-28)23-13-10-21(32)16-24(23)31)36-29(38)26(35-30(36)39)20-8-11-22(12-9-20)40-15-14-37/h3-13,16-17,26-27,37H,14-15H2,1-2H3,(H,33,34)(H,35,39)/t17-,26-,27+/m1/s1. The number of amides is 3. The second kappa shape index (κ2) is 12.0. The fourth-order valence-corrected chi connectivity index (χ4v) is 5.95. The number of rotatable bonds is 9. The van der Waals surface area contributed by atoms with Gasteiger partial charge in [0.1, 0.15) is 30.3 Å². The Labute approximate surface area is 250 Å². The Hall–Kier alpha value is -3.41. The number of aliphatic hydroxyl groups is 1. The van der Waals surface area contributed by atoms with Crippen molar-refractivity contribution in [1.82, 2.24) is 20.2 Å². The largest absolute Gasteiger partial charge is 0.491 e. The predicted molar refractivity (Wildman–Crippen MR) is 161 cm³/mol. The first-order valence-electron chi connectivity index (χ1n) is 12.8. The molecule has 3 aromatic carbocycles. The Balaban J connectivity index is 1.53. The van der Waals surface area contributed by atoms with E-state index in [0.717, 1.165) is 20.4 Å². The number of ether oxygens (including phenoxy) is 1. The molecule has 1 aromatic heterocycles. The Morgan fingerprint density at radius 3 is 2.50 bits per heavy atom. The highest BCUT2D eigenvalue weighted by atomic mass is 127. The number of carbonyl (C=O) groups excluding carboxylic acids is 2. The molecule has 1 saturated heterocycles. The van der Waals surface area contributed by atoms with Crippen LogP contribution in [0.25, 0.3) is 11.3 Å². The molecule has 0 aliphatic carbocycles. The summed E-state index contributed by atoms with van der Waals surface area (Å²) in [6.45, 7) is 3.93. The van der Waals surface area contributed by atoms with Gasteiger partial charge in [-0.1, -0.05) is 67.1 Å². The zero-order valence-electron chi connectivity index (χ0n) is 21.9. The third kappa shape index (κ3) is 5.59. The van der Waals surface area contributed by atoms with Gasteiger partial charge in [0.2, 0.25) is 0 Å². The van der Waals surface area contributed by atoms with Gasteiger partial charge in [0, 0.05) is 15.1 Å². The molecule has 0 radical (unpaired) electrons. The van der Waals surface area contributed by atoms with E-state index in [2.05, 4.69) is 32.9 Å². The van der Waals surface area contributed by atoms with Crippen molar-refractivity contribution < 1.29 is 19.4 Å². The van der Waals surface area contributed by atoms with E-state index >= 15 is 0 Å². The first-order chi connectivity index (χ1) is 19.3. The van der Waals surface area contributed by atoms with Gasteiger partial charge in [0.05, 0.1) is 23.0 Å². The van der Waals surface area contributed by atoms with E-state index in [1.54, 1.807) is 24.3 Å². The normalized spacial score (nSPS) is 16.6. The zero-order chi connectivity index (χ0) is 28.4. The van der Waals surface area contributed by atoms with Crippen molar-refractivity contribution in [3.05, 3.63) is 104 Å². The number of hydrogen-bond acceptors (Lipinski definition) is 5. The van der Waals surface area contributed by atoms with Gasteiger partial charge < -0.3 is 20.1 Å². The number of imide groups is 1. The summed E-state index contributed by atoms with van der Waals surface area (Å²) in [5.41, 5.74) is 3.84. The monoisotopic (exact) mass is 670 g/mol. The lowest BCUT2D eigenvalue weighted by Crippen LogP contribution is -2.38. The van der Waals surface area contributed by atoms with E-state index in [4.69, 9.17) is 26.4 Å². The number of nitrogens with one attached hydrogen (secondary N) is 2. The van der Waals surface area contributed by atoms with Crippen LogP contribution in [-0.2, 0) is 4.79 Å². The van der Waals surface area contributed by atoms with Crippen LogP contribution in [-0.4, -0.2) is 45.1 Å². The molecule has 206 valence electrons. The van der Waals surface area contributed by atoms with Crippen LogP contribution in [0.15, 0.2) is 72.8 Å². The number of aryl methyl sites for hydroxylation is 1. The van der Waals surface area contributed by atoms with E-state index in [1.807, 2.05) is 62.4 Å². The minimum atomic E-state index is -0.856. The van der Waals surface area contributed by atoms with Crippen LogP contribution in [0.4, 0.5) is 4.79 Å². The summed E-state index contributed by atoms with van der Waals surface area (Å²) >= 11 is 8.79. The topological polar surface area (TPSA) is 108 Å². The molecule has 3 atom stereocenters. The van der Waals surface area contributed by atoms with Gasteiger partial charge >= 0.3 is 6.03 Å². The third-order valence-corrected chi connectivity index (χ3v) is 7.99. The smallest absolute Gasteiger partial charge is 0.325 e. The van der Waals surface area contributed by atoms with Crippen molar-refractivity contribution in [2.45, 2.75) is 31.8 Å². The quantitative estimate of drug-likeness (QED) is 0.146. The van der Waals surface area contributed by atoms with Crippen molar-refractivity contribution in [3.8, 4) is 17.0 Å². The summed E-state index contributed by atoms with van der Waals surface area (Å²) in [5, 5.41) is 12.4. The molecule has 0 spiro atoms. The van der Waals surface area contributed by atoms with Crippen molar-refractivity contribution in [1.29, 1.82) is 0 Å². The molecule has 10 heteroatoms. The van der Waals surface area contributed by atoms with Gasteiger partial charge in [-0.3, -0.25) is 9.69 Å². The molecule has 3 amide bonds. The lowest BCUT2D eigenvalue weighted by atomic mass is 9.91. The summed E-state index contributed by atoms with van der Waals surface area (Å²) in [6, 6.07) is 20.4. The van der Waals surface area contributed by atoms with Gasteiger partial charge in [-0.05, 0) is 64.9 Å². The van der Waals surface area contributed by atoms with Crippen molar-refractivity contribution >= 4 is 46.1 Å². The van der Waals surface area contributed by atoms with Crippen molar-refractivity contribution in [2.24, 2.45) is 0 Å². The number of halogens is 2. The van der Waals surface area contributed by atoms with Crippen LogP contribution in [0.2, 0.25) is 5.02 Å². The molecule has 3 N–H and O–H groups in total. The fraction of sp³-hybridized carbons (Fsp3) is 0.233. The SMILES string of the molecule is Cc1nc([C@H]([C@H](C)c2ccccc2)N2C(=O)N[C@H](c3ccc(OCCO)cc3)C2=O)[nH]c1-c1ccc(I)cc1Cl. The maximum Gasteiger partial charge on any atom is 0.325 e. The number of aromatic nitrogens is 2. The molecule has 4 aromatic rings. The molecule has 0 saturated carbocycles. The Kier molecular flexibility index (Phi) is 8.43. The van der Waals surface area contributed by atoms with Crippen LogP contribution in [0.1, 0.15) is 47.6 Å². The van der Waals surface area contributed by atoms with Crippen LogP contribution in [0, 0.1) is 10.5 Å². The van der Waals surface area contributed by atoms with E-state index < -0.39 is 18.1 Å². The lowest BCUT2D eigenvalue weighted by Gasteiger charge is -2.29. The van der Waals surface area contributed by atoms with E-state index in [1.165, 1.54) is 4.90 Å². The minimum Gasteiger partial charge on any atom is -0.491 e.